The molecule has 0 spiro atoms. The predicted octanol–water partition coefficient (Wildman–Crippen LogP) is -33.9. The van der Waals surface area contributed by atoms with Crippen molar-refractivity contribution in [1.29, 1.82) is 0 Å². The van der Waals surface area contributed by atoms with Crippen LogP contribution in [0.1, 0.15) is 0 Å². The molecule has 0 aromatic heterocycles. The summed E-state index contributed by atoms with van der Waals surface area (Å²) >= 11 is 0. The topological polar surface area (TPSA) is 0 Å². The third-order valence-electron chi connectivity index (χ3n) is 0. The molecule has 0 amide bonds. The summed E-state index contributed by atoms with van der Waals surface area (Å²) in [5, 5.41) is 0. The first-order valence-electron chi connectivity index (χ1n) is 0. The Kier molecular flexibility index (Phi) is 38200. The van der Waals surface area contributed by atoms with Crippen LogP contribution >= 0.6 is 0 Å². The van der Waals surface area contributed by atoms with Crippen molar-refractivity contribution in [2.45, 2.75) is 0 Å². The van der Waals surface area contributed by atoms with E-state index in [1.807, 2.05) is 0 Å². The standard InChI is InChI=1S/Cr.10FH.Fe.H2I.Mg.Mn/h;10*1H;;1H2;;/q+3;;;;;;;;;;;+2;+1;2*+2/p-10. The Morgan fingerprint density at radius 2 is 0.400 bits per heavy atom. The van der Waals surface area contributed by atoms with Gasteiger partial charge in [0.2, 0.25) is 24.0 Å². The summed E-state index contributed by atoms with van der Waals surface area (Å²) in [5.41, 5.74) is 0. The molecule has 0 aromatic carbocycles. The van der Waals surface area contributed by atoms with Gasteiger partial charge in [-0.3, -0.25) is 0 Å². The van der Waals surface area contributed by atoms with Crippen molar-refractivity contribution < 1.29 is 123 Å². The number of halogens is 11. The zero-order valence-electron chi connectivity index (χ0n) is 6.07. The van der Waals surface area contributed by atoms with E-state index in [0.717, 1.165) is 0 Å². The van der Waals surface area contributed by atoms with Gasteiger partial charge in [0.15, 0.2) is 0 Å². The monoisotopic (exact) mass is 506 g/mol. The maximum atomic E-state index is 0. The summed E-state index contributed by atoms with van der Waals surface area (Å²) in [6.07, 6.45) is 0. The Hall–Kier alpha value is 2.37. The summed E-state index contributed by atoms with van der Waals surface area (Å²) in [5.74, 6) is 0. The Morgan fingerprint density at radius 1 is 0.400 bits per heavy atom. The molecule has 0 N–H and O–H groups in total. The van der Waals surface area contributed by atoms with Crippen LogP contribution in [0.2, 0.25) is 0 Å². The van der Waals surface area contributed by atoms with Crippen LogP contribution in [0.3, 0.4) is 0 Å². The minimum atomic E-state index is 0. The van der Waals surface area contributed by atoms with Crippen molar-refractivity contribution in [3.8, 4) is 0 Å². The molecule has 15 heteroatoms. The van der Waals surface area contributed by atoms with E-state index in [1.54, 1.807) is 0 Å². The van der Waals surface area contributed by atoms with Crippen LogP contribution in [0.4, 0.5) is 0 Å². The molecule has 0 heterocycles. The SMILES string of the molecule is [Cr+3].[F-].[F-].[F-].[F-].[F-].[F-].[F-].[F-].[F-].[F-].[Fe+2].[IH2+].[Mg+2].[Mn+2]. The molecule has 0 saturated carbocycles. The minimum absolute atomic E-state index is 0. The van der Waals surface area contributed by atoms with Gasteiger partial charge in [0.05, 0.1) is 0 Å². The molecule has 0 nitrogen and oxygen atoms in total. The van der Waals surface area contributed by atoms with Crippen molar-refractivity contribution in [2.24, 2.45) is 0 Å². The summed E-state index contributed by atoms with van der Waals surface area (Å²) in [7, 11) is 0. The summed E-state index contributed by atoms with van der Waals surface area (Å²) in [4.78, 5) is 0. The van der Waals surface area contributed by atoms with E-state index in [1.165, 1.54) is 0 Å². The fourth-order valence-electron chi connectivity index (χ4n) is 0. The third-order valence-corrected chi connectivity index (χ3v) is 0. The van der Waals surface area contributed by atoms with Crippen LogP contribution in [-0.4, -0.2) is 23.1 Å². The van der Waals surface area contributed by atoms with E-state index in [-0.39, 0.29) is 146 Å². The van der Waals surface area contributed by atoms with Crippen LogP contribution in [0, 0.1) is 0 Å². The first-order chi connectivity index (χ1) is 0. The minimum Gasteiger partial charge on any atom is -1.00 e. The Balaban J connectivity index is 0. The molecule has 0 aliphatic heterocycles. The maximum absolute atomic E-state index is 0. The van der Waals surface area contributed by atoms with Crippen molar-refractivity contribution >= 4 is 23.1 Å². The molecule has 0 saturated heterocycles. The van der Waals surface area contributed by atoms with Gasteiger partial charge in [-0.1, -0.05) is 0 Å². The van der Waals surface area contributed by atoms with Crippen LogP contribution < -0.4 is 71.0 Å². The Labute approximate surface area is 144 Å². The van der Waals surface area contributed by atoms with Gasteiger partial charge in [0.25, 0.3) is 0 Å². The van der Waals surface area contributed by atoms with Gasteiger partial charge in [-0.15, -0.1) is 0 Å². The molecule has 2 radical (unpaired) electrons. The molecule has 0 aromatic rings. The second-order valence-electron chi connectivity index (χ2n) is 0. The normalized spacial score (nSPS) is 0. The van der Waals surface area contributed by atoms with E-state index >= 15 is 0 Å². The predicted molar refractivity (Wildman–Crippen MR) is 8.54 cm³/mol. The fourth-order valence-corrected chi connectivity index (χ4v) is 0. The molecule has 0 atom stereocenters. The number of rotatable bonds is 0. The summed E-state index contributed by atoms with van der Waals surface area (Å²) < 4.78 is 0. The molecule has 0 unspecified atom stereocenters. The maximum Gasteiger partial charge on any atom is 3.00 e. The fraction of sp³-hybridized carbons (Fsp3) is 0. The smallest absolute Gasteiger partial charge is 1.00 e. The largest absolute Gasteiger partial charge is 3.00 e. The van der Waals surface area contributed by atoms with E-state index < -0.39 is 0 Å². The van der Waals surface area contributed by atoms with E-state index in [2.05, 4.69) is 0 Å². The second-order valence-corrected chi connectivity index (χ2v) is 0. The van der Waals surface area contributed by atoms with Gasteiger partial charge in [0, 0.05) is 0 Å². The molecule has 0 fully saturated rings. The third kappa shape index (κ3) is 603. The summed E-state index contributed by atoms with van der Waals surface area (Å²) in [6, 6.07) is 0. The van der Waals surface area contributed by atoms with E-state index in [0.29, 0.717) is 0 Å². The van der Waals surface area contributed by atoms with Crippen molar-refractivity contribution in [3.63, 3.8) is 0 Å². The molecule has 0 bridgehead atoms. The van der Waals surface area contributed by atoms with Gasteiger partial charge in [-0.25, -0.2) is 0 Å². The molecule has 102 valence electrons. The van der Waals surface area contributed by atoms with Crippen LogP contribution in [-0.2, 0) is 51.5 Å². The molecular weight excluding hydrogens is 504 g/mol. The van der Waals surface area contributed by atoms with Gasteiger partial charge in [-0.05, 0) is 0 Å². The van der Waals surface area contributed by atoms with Crippen molar-refractivity contribution in [2.75, 3.05) is 0 Å². The van der Waals surface area contributed by atoms with Gasteiger partial charge < -0.3 is 47.0 Å². The van der Waals surface area contributed by atoms with Crippen molar-refractivity contribution in [1.82, 2.24) is 0 Å². The van der Waals surface area contributed by atoms with E-state index in [4.69, 9.17) is 0 Å². The van der Waals surface area contributed by atoms with Crippen molar-refractivity contribution in [3.05, 3.63) is 0 Å². The van der Waals surface area contributed by atoms with Crippen LogP contribution in [0.25, 0.3) is 0 Å². The zero-order chi connectivity index (χ0) is 0. The first kappa shape index (κ1) is 830. The second kappa shape index (κ2) is 690. The average molecular weight is 506 g/mol. The van der Waals surface area contributed by atoms with E-state index in [9.17, 15) is 0 Å². The number of hydrogen-bond donors (Lipinski definition) is 0. The molecule has 15 heavy (non-hydrogen) atoms. The number of hydrogen-bond acceptors (Lipinski definition) is 0. The molecule has 0 aliphatic rings. The van der Waals surface area contributed by atoms with Crippen LogP contribution in [0.5, 0.6) is 0 Å². The van der Waals surface area contributed by atoms with Gasteiger partial charge in [-0.2, -0.15) is 0 Å². The molecule has 0 rings (SSSR count). The molecule has 0 aliphatic carbocycles. The van der Waals surface area contributed by atoms with Crippen LogP contribution in [0.15, 0.2) is 0 Å². The Bertz CT molecular complexity index is 25.4. The first-order valence-corrected chi connectivity index (χ1v) is 0. The zero-order valence-corrected chi connectivity index (χ0v) is 13.6. The summed E-state index contributed by atoms with van der Waals surface area (Å²) in [6.45, 7) is 0. The molecular formula is H2CrF10FeIMgMn. The van der Waals surface area contributed by atoms with Gasteiger partial charge in [0.1, 0.15) is 0 Å². The Morgan fingerprint density at radius 3 is 0.400 bits per heavy atom. The van der Waals surface area contributed by atoms with Gasteiger partial charge >= 0.3 is 74.6 Å². The average Bonchev–Trinajstić information content (AvgIpc) is 0. The quantitative estimate of drug-likeness (QED) is 0.174.